The third-order valence-corrected chi connectivity index (χ3v) is 3.50. The normalized spacial score (nSPS) is 11.0. The largest absolute Gasteiger partial charge is 0.356 e. The van der Waals surface area contributed by atoms with Crippen molar-refractivity contribution in [2.45, 2.75) is 26.3 Å². The lowest BCUT2D eigenvalue weighted by atomic mass is 10.1. The van der Waals surface area contributed by atoms with Gasteiger partial charge in [0.1, 0.15) is 5.69 Å². The van der Waals surface area contributed by atoms with E-state index in [1.165, 1.54) is 0 Å². The number of fused-ring (bicyclic) bond motifs is 1. The van der Waals surface area contributed by atoms with Crippen LogP contribution >= 0.6 is 0 Å². The van der Waals surface area contributed by atoms with Gasteiger partial charge in [0.05, 0.1) is 12.7 Å². The lowest BCUT2D eigenvalue weighted by molar-refractivity contribution is -0.120. The van der Waals surface area contributed by atoms with Crippen LogP contribution in [0, 0.1) is 6.92 Å². The number of imidazole rings is 1. The van der Waals surface area contributed by atoms with Crippen molar-refractivity contribution in [2.75, 3.05) is 6.54 Å². The third kappa shape index (κ3) is 3.33. The van der Waals surface area contributed by atoms with Gasteiger partial charge in [-0.1, -0.05) is 16.8 Å². The number of aromatic nitrogens is 3. The van der Waals surface area contributed by atoms with Crippen LogP contribution in [0.3, 0.4) is 0 Å². The summed E-state index contributed by atoms with van der Waals surface area (Å²) in [5.74, 6) is -0.0395. The zero-order valence-corrected chi connectivity index (χ0v) is 12.5. The number of hydrogen-bond acceptors (Lipinski definition) is 4. The Morgan fingerprint density at radius 3 is 3.14 bits per heavy atom. The number of amides is 1. The van der Waals surface area contributed by atoms with Crippen LogP contribution in [0.4, 0.5) is 0 Å². The number of aryl methyl sites for hydroxylation is 2. The molecule has 114 valence electrons. The molecular formula is C16H18N4O2. The number of carbonyl (C=O) groups is 1. The molecule has 0 atom stereocenters. The lowest BCUT2D eigenvalue weighted by Crippen LogP contribution is -2.26. The van der Waals surface area contributed by atoms with E-state index in [1.807, 2.05) is 35.9 Å². The highest BCUT2D eigenvalue weighted by Crippen LogP contribution is 2.20. The van der Waals surface area contributed by atoms with E-state index in [9.17, 15) is 4.79 Å². The highest BCUT2D eigenvalue weighted by atomic mass is 16.5. The second-order valence-corrected chi connectivity index (χ2v) is 5.31. The molecule has 0 bridgehead atoms. The Balaban J connectivity index is 1.51. The predicted molar refractivity (Wildman–Crippen MR) is 82.3 cm³/mol. The zero-order valence-electron chi connectivity index (χ0n) is 12.5. The number of benzene rings is 1. The van der Waals surface area contributed by atoms with Gasteiger partial charge in [0, 0.05) is 30.9 Å². The smallest absolute Gasteiger partial charge is 0.226 e. The molecule has 0 saturated heterocycles. The molecule has 3 rings (SSSR count). The van der Waals surface area contributed by atoms with E-state index in [2.05, 4.69) is 15.5 Å². The Bertz CT molecular complexity index is 762. The van der Waals surface area contributed by atoms with Gasteiger partial charge in [-0.15, -0.1) is 0 Å². The Labute approximate surface area is 128 Å². The molecule has 1 amide bonds. The van der Waals surface area contributed by atoms with Gasteiger partial charge < -0.3 is 14.4 Å². The maximum absolute atomic E-state index is 12.0. The molecule has 1 N–H and O–H groups in total. The molecular weight excluding hydrogens is 280 g/mol. The van der Waals surface area contributed by atoms with Gasteiger partial charge in [0.25, 0.3) is 0 Å². The molecule has 0 saturated carbocycles. The first-order valence-electron chi connectivity index (χ1n) is 7.30. The standard InChI is InChI=1S/C16H18N4O2/c1-12-3-4-15-13(9-12)14(19-22-15)10-16(21)18-5-2-7-20-8-6-17-11-20/h3-4,6,8-9,11H,2,5,7,10H2,1H3,(H,18,21). The van der Waals surface area contributed by atoms with Crippen LogP contribution in [0.15, 0.2) is 41.4 Å². The van der Waals surface area contributed by atoms with Gasteiger partial charge in [-0.25, -0.2) is 4.98 Å². The van der Waals surface area contributed by atoms with Crippen LogP contribution in [0.2, 0.25) is 0 Å². The molecule has 3 aromatic rings. The second kappa shape index (κ2) is 6.43. The summed E-state index contributed by atoms with van der Waals surface area (Å²) in [5.41, 5.74) is 2.53. The van der Waals surface area contributed by atoms with Gasteiger partial charge >= 0.3 is 0 Å². The van der Waals surface area contributed by atoms with Gasteiger partial charge in [0.2, 0.25) is 5.91 Å². The minimum Gasteiger partial charge on any atom is -0.356 e. The van der Waals surface area contributed by atoms with E-state index >= 15 is 0 Å². The van der Waals surface area contributed by atoms with Gasteiger partial charge in [-0.3, -0.25) is 4.79 Å². The van der Waals surface area contributed by atoms with Crippen LogP contribution in [0.5, 0.6) is 0 Å². The highest BCUT2D eigenvalue weighted by molar-refractivity contribution is 5.86. The first-order chi connectivity index (χ1) is 10.7. The van der Waals surface area contributed by atoms with Crippen molar-refractivity contribution < 1.29 is 9.32 Å². The van der Waals surface area contributed by atoms with Crippen LogP contribution < -0.4 is 5.32 Å². The monoisotopic (exact) mass is 298 g/mol. The summed E-state index contributed by atoms with van der Waals surface area (Å²) in [4.78, 5) is 16.0. The zero-order chi connectivity index (χ0) is 15.4. The minimum atomic E-state index is -0.0395. The number of carbonyl (C=O) groups excluding carboxylic acids is 1. The number of nitrogens with one attached hydrogen (secondary N) is 1. The third-order valence-electron chi connectivity index (χ3n) is 3.50. The molecule has 0 unspecified atom stereocenters. The first-order valence-corrected chi connectivity index (χ1v) is 7.30. The predicted octanol–water partition coefficient (Wildman–Crippen LogP) is 2.08. The van der Waals surface area contributed by atoms with E-state index in [0.717, 1.165) is 23.9 Å². The van der Waals surface area contributed by atoms with Crippen LogP contribution in [0.1, 0.15) is 17.7 Å². The fourth-order valence-corrected chi connectivity index (χ4v) is 2.35. The topological polar surface area (TPSA) is 73.0 Å². The minimum absolute atomic E-state index is 0.0395. The van der Waals surface area contributed by atoms with Crippen molar-refractivity contribution in [1.29, 1.82) is 0 Å². The fraction of sp³-hybridized carbons (Fsp3) is 0.312. The van der Waals surface area contributed by atoms with Crippen molar-refractivity contribution in [1.82, 2.24) is 20.0 Å². The molecule has 2 heterocycles. The molecule has 0 aliphatic heterocycles. The fourth-order valence-electron chi connectivity index (χ4n) is 2.35. The number of rotatable bonds is 6. The average molecular weight is 298 g/mol. The Morgan fingerprint density at radius 1 is 1.41 bits per heavy atom. The first kappa shape index (κ1) is 14.3. The maximum Gasteiger partial charge on any atom is 0.226 e. The SMILES string of the molecule is Cc1ccc2onc(CC(=O)NCCCn3ccnc3)c2c1. The summed E-state index contributed by atoms with van der Waals surface area (Å²) in [6, 6.07) is 5.84. The molecule has 6 heteroatoms. The van der Waals surface area contributed by atoms with Crippen molar-refractivity contribution in [3.05, 3.63) is 48.2 Å². The van der Waals surface area contributed by atoms with Crippen molar-refractivity contribution in [3.8, 4) is 0 Å². The molecule has 0 aliphatic rings. The summed E-state index contributed by atoms with van der Waals surface area (Å²) < 4.78 is 7.23. The van der Waals surface area contributed by atoms with Crippen LogP contribution in [-0.2, 0) is 17.8 Å². The molecule has 0 spiro atoms. The molecule has 0 fully saturated rings. The van der Waals surface area contributed by atoms with Crippen molar-refractivity contribution in [3.63, 3.8) is 0 Å². The number of hydrogen-bond donors (Lipinski definition) is 1. The van der Waals surface area contributed by atoms with E-state index in [-0.39, 0.29) is 12.3 Å². The van der Waals surface area contributed by atoms with Gasteiger partial charge in [-0.05, 0) is 25.5 Å². The van der Waals surface area contributed by atoms with E-state index in [0.29, 0.717) is 17.8 Å². The summed E-state index contributed by atoms with van der Waals surface area (Å²) in [5, 5.41) is 7.82. The van der Waals surface area contributed by atoms with Crippen LogP contribution in [0.25, 0.3) is 11.0 Å². The van der Waals surface area contributed by atoms with E-state index < -0.39 is 0 Å². The molecule has 6 nitrogen and oxygen atoms in total. The summed E-state index contributed by atoms with van der Waals surface area (Å²) in [6.45, 7) is 3.48. The molecule has 2 aromatic heterocycles. The molecule has 0 aliphatic carbocycles. The summed E-state index contributed by atoms with van der Waals surface area (Å²) in [6.07, 6.45) is 6.52. The number of nitrogens with zero attached hydrogens (tertiary/aromatic N) is 3. The van der Waals surface area contributed by atoms with Crippen LogP contribution in [-0.4, -0.2) is 27.2 Å². The van der Waals surface area contributed by atoms with Gasteiger partial charge in [-0.2, -0.15) is 0 Å². The van der Waals surface area contributed by atoms with Crippen molar-refractivity contribution >= 4 is 16.9 Å². The Morgan fingerprint density at radius 2 is 2.32 bits per heavy atom. The molecule has 0 radical (unpaired) electrons. The second-order valence-electron chi connectivity index (χ2n) is 5.31. The Kier molecular flexibility index (Phi) is 4.18. The Hall–Kier alpha value is -2.63. The van der Waals surface area contributed by atoms with Crippen molar-refractivity contribution in [2.24, 2.45) is 0 Å². The van der Waals surface area contributed by atoms with Gasteiger partial charge in [0.15, 0.2) is 5.58 Å². The molecule has 22 heavy (non-hydrogen) atoms. The lowest BCUT2D eigenvalue weighted by Gasteiger charge is -2.04. The average Bonchev–Trinajstić information content (AvgIpc) is 3.14. The summed E-state index contributed by atoms with van der Waals surface area (Å²) in [7, 11) is 0. The maximum atomic E-state index is 12.0. The highest BCUT2D eigenvalue weighted by Gasteiger charge is 2.12. The van der Waals surface area contributed by atoms with E-state index in [1.54, 1.807) is 12.5 Å². The molecule has 1 aromatic carbocycles. The quantitative estimate of drug-likeness (QED) is 0.707. The summed E-state index contributed by atoms with van der Waals surface area (Å²) >= 11 is 0. The van der Waals surface area contributed by atoms with E-state index in [4.69, 9.17) is 4.52 Å².